The van der Waals surface area contributed by atoms with Crippen LogP contribution in [-0.4, -0.2) is 23.4 Å². The molecule has 1 aromatic heterocycles. The first kappa shape index (κ1) is 19.8. The molecule has 1 aliphatic rings. The lowest BCUT2D eigenvalue weighted by atomic mass is 10.1. The molecule has 0 radical (unpaired) electrons. The molecule has 1 aliphatic carbocycles. The van der Waals surface area contributed by atoms with E-state index in [1.165, 1.54) is 16.7 Å². The zero-order valence-electron chi connectivity index (χ0n) is 17.6. The zero-order valence-corrected chi connectivity index (χ0v) is 17.6. The molecule has 0 spiro atoms. The van der Waals surface area contributed by atoms with Gasteiger partial charge in [0.2, 0.25) is 0 Å². The molecule has 0 unspecified atom stereocenters. The number of hydrogen-bond acceptors (Lipinski definition) is 3. The second-order valence-corrected chi connectivity index (χ2v) is 7.55. The Kier molecular flexibility index (Phi) is 5.84. The molecule has 30 heavy (non-hydrogen) atoms. The largest absolute Gasteiger partial charge is 0.496 e. The number of H-pyrrole nitrogens is 1. The molecule has 0 atom stereocenters. The Bertz CT molecular complexity index is 1120. The molecular weight excluding hydrogens is 372 g/mol. The van der Waals surface area contributed by atoms with E-state index in [0.717, 1.165) is 34.9 Å². The van der Waals surface area contributed by atoms with E-state index in [2.05, 4.69) is 46.6 Å². The van der Waals surface area contributed by atoms with Gasteiger partial charge in [-0.3, -0.25) is 5.10 Å². The highest BCUT2D eigenvalue weighted by Gasteiger charge is 2.06. The Morgan fingerprint density at radius 3 is 2.73 bits per heavy atom. The van der Waals surface area contributed by atoms with Gasteiger partial charge in [0, 0.05) is 11.6 Å². The topological polar surface area (TPSA) is 47.1 Å². The summed E-state index contributed by atoms with van der Waals surface area (Å²) in [7, 11) is 1.67. The highest BCUT2D eigenvalue weighted by atomic mass is 16.5. The van der Waals surface area contributed by atoms with Crippen LogP contribution in [-0.2, 0) is 6.42 Å². The quantitative estimate of drug-likeness (QED) is 0.522. The number of allylic oxidation sites excluding steroid dienone is 1. The van der Waals surface area contributed by atoms with Crippen molar-refractivity contribution in [1.82, 2.24) is 10.2 Å². The molecule has 4 heteroatoms. The van der Waals surface area contributed by atoms with Gasteiger partial charge in [-0.1, -0.05) is 36.4 Å². The number of hydrogen-bond donors (Lipinski definition) is 1. The molecule has 0 amide bonds. The van der Waals surface area contributed by atoms with Crippen LogP contribution in [0.1, 0.15) is 47.5 Å². The molecule has 2 aromatic carbocycles. The number of aromatic amines is 1. The van der Waals surface area contributed by atoms with Crippen molar-refractivity contribution in [2.75, 3.05) is 7.11 Å². The van der Waals surface area contributed by atoms with Crippen molar-refractivity contribution in [1.29, 1.82) is 0 Å². The molecule has 0 bridgehead atoms. The van der Waals surface area contributed by atoms with Crippen molar-refractivity contribution in [2.45, 2.75) is 26.4 Å². The third kappa shape index (κ3) is 4.71. The second kappa shape index (κ2) is 8.87. The average molecular weight is 399 g/mol. The molecule has 4 nitrogen and oxygen atoms in total. The van der Waals surface area contributed by atoms with E-state index in [0.29, 0.717) is 0 Å². The number of nitrogens with one attached hydrogen (secondary N) is 1. The summed E-state index contributed by atoms with van der Waals surface area (Å²) in [5.41, 5.74) is 6.68. The van der Waals surface area contributed by atoms with Gasteiger partial charge in [-0.05, 0) is 73.4 Å². The summed E-state index contributed by atoms with van der Waals surface area (Å²) in [6, 6.07) is 14.4. The fourth-order valence-corrected chi connectivity index (χ4v) is 3.44. The number of aromatic nitrogens is 2. The average Bonchev–Trinajstić information content (AvgIpc) is 3.39. The fraction of sp³-hybridized carbons (Fsp3) is 0.192. The number of rotatable bonds is 7. The number of methoxy groups -OCH3 is 1. The molecule has 0 saturated heterocycles. The Labute approximate surface area is 177 Å². The van der Waals surface area contributed by atoms with Gasteiger partial charge in [0.15, 0.2) is 0 Å². The summed E-state index contributed by atoms with van der Waals surface area (Å²) >= 11 is 0. The summed E-state index contributed by atoms with van der Waals surface area (Å²) in [4.78, 5) is 0. The Balaban J connectivity index is 1.45. The Morgan fingerprint density at radius 2 is 1.90 bits per heavy atom. The minimum absolute atomic E-state index is 0.126. The molecule has 0 fully saturated rings. The molecule has 0 saturated carbocycles. The monoisotopic (exact) mass is 398 g/mol. The maximum atomic E-state index is 5.73. The van der Waals surface area contributed by atoms with Gasteiger partial charge in [0.1, 0.15) is 11.5 Å². The van der Waals surface area contributed by atoms with Gasteiger partial charge < -0.3 is 9.47 Å². The molecule has 152 valence electrons. The third-order valence-corrected chi connectivity index (χ3v) is 4.89. The van der Waals surface area contributed by atoms with E-state index in [4.69, 9.17) is 9.47 Å². The first-order valence-electron chi connectivity index (χ1n) is 10.2. The van der Waals surface area contributed by atoms with E-state index in [9.17, 15) is 0 Å². The van der Waals surface area contributed by atoms with E-state index < -0.39 is 0 Å². The summed E-state index contributed by atoms with van der Waals surface area (Å²) in [5.74, 6) is 1.57. The number of benzene rings is 2. The van der Waals surface area contributed by atoms with Crippen molar-refractivity contribution in [3.63, 3.8) is 0 Å². The highest BCUT2D eigenvalue weighted by molar-refractivity contribution is 5.75. The van der Waals surface area contributed by atoms with Crippen molar-refractivity contribution < 1.29 is 9.47 Å². The standard InChI is InChI=1S/C26H26N2O2/c1-18(2)30-25-14-11-21(26(17-25)29-3)10-13-24-16-23(27-28-24)12-8-19-7-9-20-5-4-6-22(20)15-19/h4-5,7-18H,6H2,1-3H3,(H,27,28)/b12-8+,13-10+. The van der Waals surface area contributed by atoms with Crippen LogP contribution in [0.4, 0.5) is 0 Å². The van der Waals surface area contributed by atoms with Crippen molar-refractivity contribution in [3.8, 4) is 11.5 Å². The Morgan fingerprint density at radius 1 is 1.00 bits per heavy atom. The lowest BCUT2D eigenvalue weighted by Crippen LogP contribution is -2.05. The van der Waals surface area contributed by atoms with Crippen LogP contribution in [0.2, 0.25) is 0 Å². The van der Waals surface area contributed by atoms with Gasteiger partial charge in [0.05, 0.1) is 24.6 Å². The van der Waals surface area contributed by atoms with E-state index in [1.807, 2.05) is 56.3 Å². The molecule has 0 aliphatic heterocycles. The second-order valence-electron chi connectivity index (χ2n) is 7.55. The van der Waals surface area contributed by atoms with E-state index in [-0.39, 0.29) is 6.10 Å². The third-order valence-electron chi connectivity index (χ3n) is 4.89. The van der Waals surface area contributed by atoms with Gasteiger partial charge in [-0.2, -0.15) is 5.10 Å². The van der Waals surface area contributed by atoms with Gasteiger partial charge >= 0.3 is 0 Å². The van der Waals surface area contributed by atoms with Crippen LogP contribution in [0.5, 0.6) is 11.5 Å². The number of ether oxygens (including phenoxy) is 2. The van der Waals surface area contributed by atoms with Gasteiger partial charge in [0.25, 0.3) is 0 Å². The summed E-state index contributed by atoms with van der Waals surface area (Å²) in [6.45, 7) is 4.01. The van der Waals surface area contributed by atoms with Crippen molar-refractivity contribution in [2.24, 2.45) is 0 Å². The molecular formula is C26H26N2O2. The van der Waals surface area contributed by atoms with Crippen LogP contribution in [0, 0.1) is 0 Å². The van der Waals surface area contributed by atoms with Gasteiger partial charge in [-0.15, -0.1) is 0 Å². The predicted octanol–water partition coefficient (Wildman–Crippen LogP) is 6.12. The smallest absolute Gasteiger partial charge is 0.129 e. The molecule has 1 heterocycles. The highest BCUT2D eigenvalue weighted by Crippen LogP contribution is 2.27. The van der Waals surface area contributed by atoms with Crippen LogP contribution in [0.15, 0.2) is 48.5 Å². The fourth-order valence-electron chi connectivity index (χ4n) is 3.44. The summed E-state index contributed by atoms with van der Waals surface area (Å²) < 4.78 is 11.2. The first-order chi connectivity index (χ1) is 14.6. The van der Waals surface area contributed by atoms with Gasteiger partial charge in [-0.25, -0.2) is 0 Å². The van der Waals surface area contributed by atoms with E-state index in [1.54, 1.807) is 7.11 Å². The number of nitrogens with zero attached hydrogens (tertiary/aromatic N) is 1. The van der Waals surface area contributed by atoms with E-state index >= 15 is 0 Å². The summed E-state index contributed by atoms with van der Waals surface area (Å²) in [6.07, 6.45) is 13.6. The van der Waals surface area contributed by atoms with Crippen LogP contribution in [0.25, 0.3) is 30.4 Å². The SMILES string of the molecule is COc1cc(OC(C)C)ccc1/C=C/c1cc(/C=C/c2ccc3c(c2)CC=C3)n[nH]1. The van der Waals surface area contributed by atoms with Crippen molar-refractivity contribution >= 4 is 30.4 Å². The molecule has 3 aromatic rings. The first-order valence-corrected chi connectivity index (χ1v) is 10.2. The number of fused-ring (bicyclic) bond motifs is 1. The lowest BCUT2D eigenvalue weighted by molar-refractivity contribution is 0.241. The Hall–Kier alpha value is -3.53. The van der Waals surface area contributed by atoms with Crippen molar-refractivity contribution in [3.05, 3.63) is 82.2 Å². The zero-order chi connectivity index (χ0) is 20.9. The predicted molar refractivity (Wildman–Crippen MR) is 124 cm³/mol. The maximum Gasteiger partial charge on any atom is 0.129 e. The summed E-state index contributed by atoms with van der Waals surface area (Å²) in [5, 5.41) is 7.44. The minimum Gasteiger partial charge on any atom is -0.496 e. The minimum atomic E-state index is 0.126. The molecule has 1 N–H and O–H groups in total. The van der Waals surface area contributed by atoms with Crippen LogP contribution < -0.4 is 9.47 Å². The van der Waals surface area contributed by atoms with Crippen LogP contribution >= 0.6 is 0 Å². The van der Waals surface area contributed by atoms with Crippen LogP contribution in [0.3, 0.4) is 0 Å². The normalized spacial score (nSPS) is 12.9. The lowest BCUT2D eigenvalue weighted by Gasteiger charge is -2.12. The maximum absolute atomic E-state index is 5.73. The molecule has 4 rings (SSSR count).